The summed E-state index contributed by atoms with van der Waals surface area (Å²) in [6.45, 7) is 0.0402. The first-order valence-electron chi connectivity index (χ1n) is 10.8. The highest BCUT2D eigenvalue weighted by atomic mass is 32.1. The number of anilines is 1. The number of benzene rings is 2. The van der Waals surface area contributed by atoms with Gasteiger partial charge in [0.2, 0.25) is 5.91 Å². The Bertz CT molecular complexity index is 1050. The average molecular weight is 452 g/mol. The van der Waals surface area contributed by atoms with Gasteiger partial charge < -0.3 is 10.6 Å². The Kier molecular flexibility index (Phi) is 7.29. The number of carbonyl (C=O) groups excluding carboxylic acids is 2. The Morgan fingerprint density at radius 1 is 1.00 bits per heavy atom. The van der Waals surface area contributed by atoms with Crippen LogP contribution < -0.4 is 16.0 Å². The lowest BCUT2D eigenvalue weighted by molar-refractivity contribution is -0.115. The first-order chi connectivity index (χ1) is 15.6. The van der Waals surface area contributed by atoms with Crippen LogP contribution in [-0.4, -0.2) is 24.4 Å². The molecule has 1 atom stereocenters. The van der Waals surface area contributed by atoms with Gasteiger partial charge in [0.15, 0.2) is 0 Å². The van der Waals surface area contributed by atoms with Crippen LogP contribution >= 0.6 is 11.3 Å². The van der Waals surface area contributed by atoms with Gasteiger partial charge in [0, 0.05) is 10.9 Å². The molecule has 0 unspecified atom stereocenters. The maximum atomic E-state index is 13.4. The second kappa shape index (κ2) is 10.5. The minimum Gasteiger partial charge on any atom is -0.349 e. The number of carbonyl (C=O) groups is 2. The van der Waals surface area contributed by atoms with Crippen LogP contribution in [0.4, 0.5) is 10.1 Å². The smallest absolute Gasteiger partial charge is 0.253 e. The molecule has 1 saturated carbocycles. The van der Waals surface area contributed by atoms with Crippen molar-refractivity contribution in [3.63, 3.8) is 0 Å². The summed E-state index contributed by atoms with van der Waals surface area (Å²) in [6.07, 6.45) is 4.26. The van der Waals surface area contributed by atoms with Gasteiger partial charge in [-0.1, -0.05) is 43.2 Å². The highest BCUT2D eigenvalue weighted by molar-refractivity contribution is 7.10. The predicted molar refractivity (Wildman–Crippen MR) is 125 cm³/mol. The summed E-state index contributed by atoms with van der Waals surface area (Å²) < 4.78 is 13.4. The van der Waals surface area contributed by atoms with Gasteiger partial charge in [-0.25, -0.2) is 4.39 Å². The van der Waals surface area contributed by atoms with Gasteiger partial charge in [0.05, 0.1) is 23.8 Å². The van der Waals surface area contributed by atoms with Crippen molar-refractivity contribution in [1.29, 1.82) is 0 Å². The second-order valence-electron chi connectivity index (χ2n) is 7.93. The molecule has 1 heterocycles. The molecule has 0 aliphatic heterocycles. The molecule has 2 aromatic carbocycles. The van der Waals surface area contributed by atoms with E-state index >= 15 is 0 Å². The van der Waals surface area contributed by atoms with E-state index in [1.54, 1.807) is 47.7 Å². The van der Waals surface area contributed by atoms with Gasteiger partial charge in [-0.15, -0.1) is 11.3 Å². The van der Waals surface area contributed by atoms with Crippen LogP contribution in [0.2, 0.25) is 0 Å². The van der Waals surface area contributed by atoms with E-state index in [-0.39, 0.29) is 36.3 Å². The summed E-state index contributed by atoms with van der Waals surface area (Å²) in [7, 11) is 0. The summed E-state index contributed by atoms with van der Waals surface area (Å²) in [5.74, 6) is -0.720. The zero-order valence-corrected chi connectivity index (χ0v) is 18.5. The van der Waals surface area contributed by atoms with E-state index in [1.807, 2.05) is 17.5 Å². The maximum absolute atomic E-state index is 13.4. The Morgan fingerprint density at radius 3 is 2.47 bits per heavy atom. The number of hydrogen-bond donors (Lipinski definition) is 3. The van der Waals surface area contributed by atoms with Crippen molar-refractivity contribution in [3.8, 4) is 0 Å². The van der Waals surface area contributed by atoms with E-state index in [1.165, 1.54) is 12.1 Å². The predicted octanol–water partition coefficient (Wildman–Crippen LogP) is 4.88. The SMILES string of the molecule is O=C(CN[C@H](c1ccc(F)cc1)c1cccs1)Nc1ccccc1C(=O)NC1CCCC1. The third-order valence-electron chi connectivity index (χ3n) is 5.63. The number of hydrogen-bond acceptors (Lipinski definition) is 4. The first-order valence-corrected chi connectivity index (χ1v) is 11.7. The molecule has 0 radical (unpaired) electrons. The van der Waals surface area contributed by atoms with Crippen LogP contribution in [0.3, 0.4) is 0 Å². The minimum absolute atomic E-state index is 0.0402. The van der Waals surface area contributed by atoms with Crippen LogP contribution in [0.5, 0.6) is 0 Å². The monoisotopic (exact) mass is 451 g/mol. The lowest BCUT2D eigenvalue weighted by Gasteiger charge is -2.19. The van der Waals surface area contributed by atoms with Gasteiger partial charge in [0.1, 0.15) is 5.82 Å². The molecule has 1 aromatic heterocycles. The standard InChI is InChI=1S/C25H26FN3O2S/c26-18-13-11-17(12-14-18)24(22-10-5-15-32-22)27-16-23(30)29-21-9-4-3-8-20(21)25(31)28-19-6-1-2-7-19/h3-5,8-15,19,24,27H,1-2,6-7,16H2,(H,28,31)(H,29,30)/t24-/m1/s1. The van der Waals surface area contributed by atoms with Crippen LogP contribution in [-0.2, 0) is 4.79 Å². The van der Waals surface area contributed by atoms with Crippen LogP contribution in [0.25, 0.3) is 0 Å². The molecule has 0 spiro atoms. The van der Waals surface area contributed by atoms with Crippen molar-refractivity contribution in [3.05, 3.63) is 87.9 Å². The van der Waals surface area contributed by atoms with E-state index in [2.05, 4.69) is 16.0 Å². The Labute approximate surface area is 191 Å². The number of amides is 2. The number of halogens is 1. The number of para-hydroxylation sites is 1. The molecule has 7 heteroatoms. The number of thiophene rings is 1. The summed E-state index contributed by atoms with van der Waals surface area (Å²) >= 11 is 1.57. The minimum atomic E-state index is -0.302. The maximum Gasteiger partial charge on any atom is 0.253 e. The van der Waals surface area contributed by atoms with Crippen molar-refractivity contribution < 1.29 is 14.0 Å². The van der Waals surface area contributed by atoms with Crippen molar-refractivity contribution >= 4 is 28.8 Å². The molecule has 5 nitrogen and oxygen atoms in total. The van der Waals surface area contributed by atoms with Crippen molar-refractivity contribution in [2.75, 3.05) is 11.9 Å². The summed E-state index contributed by atoms with van der Waals surface area (Å²) in [4.78, 5) is 26.5. The second-order valence-corrected chi connectivity index (χ2v) is 8.91. The van der Waals surface area contributed by atoms with Gasteiger partial charge in [-0.3, -0.25) is 14.9 Å². The fourth-order valence-corrected chi connectivity index (χ4v) is 4.83. The molecular formula is C25H26FN3O2S. The lowest BCUT2D eigenvalue weighted by atomic mass is 10.1. The zero-order valence-electron chi connectivity index (χ0n) is 17.6. The Morgan fingerprint density at radius 2 is 1.75 bits per heavy atom. The highest BCUT2D eigenvalue weighted by Gasteiger charge is 2.21. The number of rotatable bonds is 8. The molecule has 0 saturated heterocycles. The normalized spacial score (nSPS) is 14.8. The largest absolute Gasteiger partial charge is 0.349 e. The van der Waals surface area contributed by atoms with E-state index in [4.69, 9.17) is 0 Å². The van der Waals surface area contributed by atoms with E-state index < -0.39 is 0 Å². The summed E-state index contributed by atoms with van der Waals surface area (Å²) in [5.41, 5.74) is 1.82. The quantitative estimate of drug-likeness (QED) is 0.457. The molecule has 1 fully saturated rings. The topological polar surface area (TPSA) is 70.2 Å². The average Bonchev–Trinajstić information content (AvgIpc) is 3.50. The molecular weight excluding hydrogens is 425 g/mol. The van der Waals surface area contributed by atoms with Crippen LogP contribution in [0, 0.1) is 5.82 Å². The fourth-order valence-electron chi connectivity index (χ4n) is 4.01. The molecule has 3 N–H and O–H groups in total. The van der Waals surface area contributed by atoms with Crippen LogP contribution in [0.15, 0.2) is 66.0 Å². The van der Waals surface area contributed by atoms with E-state index in [0.717, 1.165) is 36.1 Å². The van der Waals surface area contributed by atoms with Crippen LogP contribution in [0.1, 0.15) is 52.5 Å². The third kappa shape index (κ3) is 5.60. The Balaban J connectivity index is 1.42. The fraction of sp³-hybridized carbons (Fsp3) is 0.280. The molecule has 4 rings (SSSR count). The third-order valence-corrected chi connectivity index (χ3v) is 6.57. The van der Waals surface area contributed by atoms with Crippen molar-refractivity contribution in [2.24, 2.45) is 0 Å². The molecule has 166 valence electrons. The van der Waals surface area contributed by atoms with Gasteiger partial charge in [-0.05, 0) is 54.1 Å². The lowest BCUT2D eigenvalue weighted by Crippen LogP contribution is -2.34. The zero-order chi connectivity index (χ0) is 22.3. The summed E-state index contributed by atoms with van der Waals surface area (Å²) in [6, 6.07) is 17.2. The molecule has 3 aromatic rings. The molecule has 1 aliphatic carbocycles. The van der Waals surface area contributed by atoms with E-state index in [0.29, 0.717) is 11.3 Å². The first kappa shape index (κ1) is 22.2. The van der Waals surface area contributed by atoms with Gasteiger partial charge >= 0.3 is 0 Å². The molecule has 32 heavy (non-hydrogen) atoms. The molecule has 2 amide bonds. The highest BCUT2D eigenvalue weighted by Crippen LogP contribution is 2.26. The molecule has 1 aliphatic rings. The van der Waals surface area contributed by atoms with Gasteiger partial charge in [0.25, 0.3) is 5.91 Å². The summed E-state index contributed by atoms with van der Waals surface area (Å²) in [5, 5.41) is 11.2. The van der Waals surface area contributed by atoms with Crippen molar-refractivity contribution in [2.45, 2.75) is 37.8 Å². The Hall–Kier alpha value is -3.03. The van der Waals surface area contributed by atoms with E-state index in [9.17, 15) is 14.0 Å². The number of nitrogens with one attached hydrogen (secondary N) is 3. The molecule has 0 bridgehead atoms. The van der Waals surface area contributed by atoms with Crippen molar-refractivity contribution in [1.82, 2.24) is 10.6 Å². The van der Waals surface area contributed by atoms with Gasteiger partial charge in [-0.2, -0.15) is 0 Å².